The van der Waals surface area contributed by atoms with Crippen LogP contribution in [0.5, 0.6) is 11.5 Å². The largest absolute Gasteiger partial charge is 0.504 e. The van der Waals surface area contributed by atoms with E-state index in [1.165, 1.54) is 7.11 Å². The Labute approximate surface area is 181 Å². The van der Waals surface area contributed by atoms with Crippen LogP contribution in [0.25, 0.3) is 5.69 Å². The third kappa shape index (κ3) is 3.10. The fourth-order valence-electron chi connectivity index (χ4n) is 4.85. The molecule has 3 aromatic rings. The van der Waals surface area contributed by atoms with Crippen LogP contribution in [-0.2, 0) is 4.79 Å². The minimum absolute atomic E-state index is 0.0818. The van der Waals surface area contributed by atoms with E-state index in [0.717, 1.165) is 46.0 Å². The predicted molar refractivity (Wildman–Crippen MR) is 119 cm³/mol. The van der Waals surface area contributed by atoms with Crippen molar-refractivity contribution in [2.24, 2.45) is 5.92 Å². The Bertz CT molecular complexity index is 1220. The third-order valence-electron chi connectivity index (χ3n) is 6.26. The summed E-state index contributed by atoms with van der Waals surface area (Å²) in [6.45, 7) is 4.04. The van der Waals surface area contributed by atoms with Crippen LogP contribution in [0, 0.1) is 19.8 Å². The summed E-state index contributed by atoms with van der Waals surface area (Å²) in [6.07, 6.45) is 3.39. The summed E-state index contributed by atoms with van der Waals surface area (Å²) < 4.78 is 7.29. The molecule has 31 heavy (non-hydrogen) atoms. The highest BCUT2D eigenvalue weighted by molar-refractivity contribution is 5.89. The zero-order chi connectivity index (χ0) is 21.7. The Balaban J connectivity index is 1.75. The Hall–Kier alpha value is -3.54. The van der Waals surface area contributed by atoms with E-state index >= 15 is 0 Å². The molecule has 1 aromatic heterocycles. The van der Waals surface area contributed by atoms with E-state index in [0.29, 0.717) is 12.2 Å². The molecule has 6 heteroatoms. The average Bonchev–Trinajstić information content (AvgIpc) is 3.09. The number of carbonyl (C=O) groups is 1. The Morgan fingerprint density at radius 3 is 2.77 bits per heavy atom. The number of aromatic nitrogens is 2. The van der Waals surface area contributed by atoms with Gasteiger partial charge in [0, 0.05) is 23.6 Å². The van der Waals surface area contributed by atoms with Crippen molar-refractivity contribution in [2.45, 2.75) is 32.6 Å². The standard InChI is InChI=1S/C25H25N3O3/c1-14-6-4-7-17(12-14)28-25-22(15(2)27-28)23(16-10-11-19(29)21(13-16)31-3)24-18(26-25)8-5-9-20(24)30/h4,6-8,10-13,23-24,26,29H,5,9H2,1-3H3/t23-,24+/m1/s1. The van der Waals surface area contributed by atoms with E-state index in [1.807, 2.05) is 35.9 Å². The Morgan fingerprint density at radius 1 is 1.16 bits per heavy atom. The molecule has 0 bridgehead atoms. The zero-order valence-electron chi connectivity index (χ0n) is 17.8. The average molecular weight is 415 g/mol. The number of rotatable bonds is 3. The van der Waals surface area contributed by atoms with Crippen molar-refractivity contribution in [3.05, 3.63) is 76.6 Å². The maximum atomic E-state index is 13.1. The zero-order valence-corrected chi connectivity index (χ0v) is 17.8. The normalized spacial score (nSPS) is 19.8. The lowest BCUT2D eigenvalue weighted by Gasteiger charge is -2.37. The summed E-state index contributed by atoms with van der Waals surface area (Å²) in [7, 11) is 1.53. The molecule has 0 radical (unpaired) electrons. The topological polar surface area (TPSA) is 76.4 Å². The number of allylic oxidation sites excluding steroid dienone is 2. The summed E-state index contributed by atoms with van der Waals surface area (Å²) in [4.78, 5) is 13.1. The van der Waals surface area contributed by atoms with Crippen molar-refractivity contribution >= 4 is 11.6 Å². The van der Waals surface area contributed by atoms with Crippen molar-refractivity contribution in [3.8, 4) is 17.2 Å². The summed E-state index contributed by atoms with van der Waals surface area (Å²) in [5, 5.41) is 18.5. The highest BCUT2D eigenvalue weighted by Crippen LogP contribution is 2.49. The summed E-state index contributed by atoms with van der Waals surface area (Å²) in [5.41, 5.74) is 5.86. The van der Waals surface area contributed by atoms with Gasteiger partial charge in [-0.25, -0.2) is 4.68 Å². The molecule has 2 N–H and O–H groups in total. The van der Waals surface area contributed by atoms with Crippen LogP contribution in [0.1, 0.15) is 41.1 Å². The molecule has 2 aliphatic rings. The van der Waals surface area contributed by atoms with Crippen LogP contribution >= 0.6 is 0 Å². The fraction of sp³-hybridized carbons (Fsp3) is 0.280. The first-order valence-corrected chi connectivity index (χ1v) is 10.5. The summed E-state index contributed by atoms with van der Waals surface area (Å²) in [5.74, 6) is 1.08. The van der Waals surface area contributed by atoms with E-state index in [-0.39, 0.29) is 23.4 Å². The van der Waals surface area contributed by atoms with Crippen LogP contribution in [0.15, 0.2) is 54.2 Å². The Morgan fingerprint density at radius 2 is 2.00 bits per heavy atom. The number of carbonyl (C=O) groups excluding carboxylic acids is 1. The maximum Gasteiger partial charge on any atom is 0.160 e. The van der Waals surface area contributed by atoms with E-state index < -0.39 is 0 Å². The van der Waals surface area contributed by atoms with E-state index in [1.54, 1.807) is 6.07 Å². The first kappa shape index (κ1) is 19.4. The molecular formula is C25H25N3O3. The molecule has 0 spiro atoms. The number of hydrogen-bond donors (Lipinski definition) is 2. The molecule has 0 saturated carbocycles. The van der Waals surface area contributed by atoms with Crippen molar-refractivity contribution < 1.29 is 14.6 Å². The van der Waals surface area contributed by atoms with Gasteiger partial charge in [-0.05, 0) is 55.7 Å². The number of phenols is 1. The van der Waals surface area contributed by atoms with Crippen molar-refractivity contribution in [1.82, 2.24) is 9.78 Å². The lowest BCUT2D eigenvalue weighted by molar-refractivity contribution is -0.122. The number of aryl methyl sites for hydroxylation is 2. The van der Waals surface area contributed by atoms with Gasteiger partial charge >= 0.3 is 0 Å². The minimum Gasteiger partial charge on any atom is -0.504 e. The molecule has 0 fully saturated rings. The van der Waals surface area contributed by atoms with Gasteiger partial charge in [0.2, 0.25) is 0 Å². The monoisotopic (exact) mass is 415 g/mol. The molecule has 1 aliphatic heterocycles. The second-order valence-electron chi connectivity index (χ2n) is 8.27. The van der Waals surface area contributed by atoms with Crippen molar-refractivity contribution in [3.63, 3.8) is 0 Å². The summed E-state index contributed by atoms with van der Waals surface area (Å²) in [6, 6.07) is 13.5. The van der Waals surface area contributed by atoms with Crippen LogP contribution in [0.4, 0.5) is 5.82 Å². The highest BCUT2D eigenvalue weighted by Gasteiger charge is 2.43. The lowest BCUT2D eigenvalue weighted by Crippen LogP contribution is -2.35. The molecule has 0 saturated heterocycles. The number of benzene rings is 2. The number of ketones is 1. The molecule has 2 heterocycles. The number of fused-ring (bicyclic) bond motifs is 2. The number of nitrogens with zero attached hydrogens (tertiary/aromatic N) is 2. The fourth-order valence-corrected chi connectivity index (χ4v) is 4.85. The van der Waals surface area contributed by atoms with E-state index in [9.17, 15) is 9.90 Å². The minimum atomic E-state index is -0.302. The molecule has 0 unspecified atom stereocenters. The van der Waals surface area contributed by atoms with Gasteiger partial charge in [0.15, 0.2) is 11.5 Å². The first-order valence-electron chi connectivity index (χ1n) is 10.5. The number of phenolic OH excluding ortho intramolecular Hbond substituents is 1. The highest BCUT2D eigenvalue weighted by atomic mass is 16.5. The maximum absolute atomic E-state index is 13.1. The second-order valence-corrected chi connectivity index (χ2v) is 8.27. The third-order valence-corrected chi connectivity index (χ3v) is 6.26. The van der Waals surface area contributed by atoms with Gasteiger partial charge < -0.3 is 15.2 Å². The second kappa shape index (κ2) is 7.30. The molecule has 2 aromatic carbocycles. The molecule has 6 nitrogen and oxygen atoms in total. The summed E-state index contributed by atoms with van der Waals surface area (Å²) >= 11 is 0. The van der Waals surface area contributed by atoms with Gasteiger partial charge in [0.1, 0.15) is 11.6 Å². The quantitative estimate of drug-likeness (QED) is 0.653. The van der Waals surface area contributed by atoms with Gasteiger partial charge in [0.05, 0.1) is 24.4 Å². The van der Waals surface area contributed by atoms with Crippen LogP contribution in [0.2, 0.25) is 0 Å². The molecule has 2 atom stereocenters. The van der Waals surface area contributed by atoms with E-state index in [2.05, 4.69) is 30.4 Å². The lowest BCUT2D eigenvalue weighted by atomic mass is 9.71. The molecular weight excluding hydrogens is 390 g/mol. The number of Topliss-reactive ketones (excluding diaryl/α,β-unsaturated/α-hetero) is 1. The smallest absolute Gasteiger partial charge is 0.160 e. The van der Waals surface area contributed by atoms with Crippen LogP contribution in [0.3, 0.4) is 0 Å². The van der Waals surface area contributed by atoms with Gasteiger partial charge in [-0.2, -0.15) is 5.10 Å². The van der Waals surface area contributed by atoms with E-state index in [4.69, 9.17) is 9.84 Å². The Kier molecular flexibility index (Phi) is 4.58. The number of aromatic hydroxyl groups is 1. The predicted octanol–water partition coefficient (Wildman–Crippen LogP) is 4.62. The van der Waals surface area contributed by atoms with Crippen LogP contribution < -0.4 is 10.1 Å². The number of nitrogens with one attached hydrogen (secondary N) is 1. The van der Waals surface area contributed by atoms with Gasteiger partial charge in [-0.3, -0.25) is 4.79 Å². The number of methoxy groups -OCH3 is 1. The molecule has 5 rings (SSSR count). The first-order chi connectivity index (χ1) is 15.0. The number of anilines is 1. The molecule has 158 valence electrons. The van der Waals surface area contributed by atoms with Gasteiger partial charge in [-0.15, -0.1) is 0 Å². The van der Waals surface area contributed by atoms with Crippen molar-refractivity contribution in [1.29, 1.82) is 0 Å². The SMILES string of the molecule is COc1cc([C@@H]2c3c(C)nn(-c4cccc(C)c4)c3NC3=CCCC(=O)[C@H]32)ccc1O. The van der Waals surface area contributed by atoms with Gasteiger partial charge in [0.25, 0.3) is 0 Å². The molecule has 0 amide bonds. The van der Waals surface area contributed by atoms with Gasteiger partial charge in [-0.1, -0.05) is 24.3 Å². The van der Waals surface area contributed by atoms with Crippen LogP contribution in [-0.4, -0.2) is 27.8 Å². The number of hydrogen-bond acceptors (Lipinski definition) is 5. The van der Waals surface area contributed by atoms with Crippen molar-refractivity contribution in [2.75, 3.05) is 12.4 Å². The number of ether oxygens (including phenoxy) is 1. The molecule has 1 aliphatic carbocycles.